The van der Waals surface area contributed by atoms with E-state index in [0.717, 1.165) is 16.1 Å². The van der Waals surface area contributed by atoms with Gasteiger partial charge in [-0.25, -0.2) is 9.37 Å². The Morgan fingerprint density at radius 1 is 1.20 bits per heavy atom. The van der Waals surface area contributed by atoms with Crippen molar-refractivity contribution in [1.82, 2.24) is 4.98 Å². The van der Waals surface area contributed by atoms with Gasteiger partial charge in [0, 0.05) is 11.3 Å². The van der Waals surface area contributed by atoms with Gasteiger partial charge in [0.25, 0.3) is 5.91 Å². The highest BCUT2D eigenvalue weighted by molar-refractivity contribution is 7.15. The van der Waals surface area contributed by atoms with Gasteiger partial charge in [-0.15, -0.1) is 11.3 Å². The Morgan fingerprint density at radius 2 is 1.92 bits per heavy atom. The predicted octanol–water partition coefficient (Wildman–Crippen LogP) is 4.44. The molecule has 1 N–H and O–H groups in total. The Bertz CT molecular complexity index is 891. The van der Waals surface area contributed by atoms with E-state index in [-0.39, 0.29) is 11.7 Å². The second-order valence-electron chi connectivity index (χ2n) is 5.49. The molecule has 4 nitrogen and oxygen atoms in total. The molecule has 25 heavy (non-hydrogen) atoms. The monoisotopic (exact) mass is 356 g/mol. The first-order valence-corrected chi connectivity index (χ1v) is 8.53. The highest BCUT2D eigenvalue weighted by Crippen LogP contribution is 2.27. The van der Waals surface area contributed by atoms with Crippen LogP contribution < -0.4 is 10.1 Å². The lowest BCUT2D eigenvalue weighted by Gasteiger charge is -2.06. The molecule has 0 atom stereocenters. The zero-order valence-corrected chi connectivity index (χ0v) is 14.7. The van der Waals surface area contributed by atoms with E-state index in [0.29, 0.717) is 22.9 Å². The van der Waals surface area contributed by atoms with Gasteiger partial charge < -0.3 is 4.74 Å². The molecule has 0 unspecified atom stereocenters. The molecule has 0 saturated carbocycles. The lowest BCUT2D eigenvalue weighted by molar-refractivity contribution is 0.102. The van der Waals surface area contributed by atoms with E-state index in [1.54, 1.807) is 30.3 Å². The molecule has 0 fully saturated rings. The Morgan fingerprint density at radius 3 is 2.64 bits per heavy atom. The van der Waals surface area contributed by atoms with Crippen LogP contribution in [0.3, 0.4) is 0 Å². The minimum absolute atomic E-state index is 0.255. The number of rotatable bonds is 5. The Kier molecular flexibility index (Phi) is 5.09. The van der Waals surface area contributed by atoms with Gasteiger partial charge in [-0.05, 0) is 36.8 Å². The second-order valence-corrected chi connectivity index (χ2v) is 6.57. The van der Waals surface area contributed by atoms with Crippen LogP contribution in [0.1, 0.15) is 26.5 Å². The average molecular weight is 356 g/mol. The van der Waals surface area contributed by atoms with Crippen LogP contribution in [0.25, 0.3) is 0 Å². The number of hydrogen-bond donors (Lipinski definition) is 1. The molecule has 3 rings (SSSR count). The molecule has 0 aliphatic heterocycles. The molecule has 1 amide bonds. The molecule has 6 heteroatoms. The van der Waals surface area contributed by atoms with Crippen LogP contribution in [0.2, 0.25) is 0 Å². The number of carbonyl (C=O) groups is 1. The fourth-order valence-corrected chi connectivity index (χ4v) is 3.42. The van der Waals surface area contributed by atoms with Crippen molar-refractivity contribution in [2.24, 2.45) is 0 Å². The Labute approximate surface area is 149 Å². The number of ether oxygens (including phenoxy) is 1. The minimum Gasteiger partial charge on any atom is -0.496 e. The van der Waals surface area contributed by atoms with E-state index in [4.69, 9.17) is 4.74 Å². The Hall–Kier alpha value is -2.73. The molecular formula is C19H17FN2O2S. The zero-order valence-electron chi connectivity index (χ0n) is 13.9. The molecular weight excluding hydrogens is 339 g/mol. The summed E-state index contributed by atoms with van der Waals surface area (Å²) >= 11 is 1.42. The quantitative estimate of drug-likeness (QED) is 0.735. The number of nitrogens with one attached hydrogen (secondary N) is 1. The fourth-order valence-electron chi connectivity index (χ4n) is 2.43. The SMILES string of the molecule is COc1ccccc1C(=O)Nc1nc(C)c(Cc2ccc(F)cc2)s1. The summed E-state index contributed by atoms with van der Waals surface area (Å²) in [6.45, 7) is 1.90. The van der Waals surface area contributed by atoms with Crippen LogP contribution in [-0.2, 0) is 6.42 Å². The number of nitrogens with zero attached hydrogens (tertiary/aromatic N) is 1. The summed E-state index contributed by atoms with van der Waals surface area (Å²) in [6.07, 6.45) is 0.647. The molecule has 0 aliphatic carbocycles. The smallest absolute Gasteiger partial charge is 0.261 e. The van der Waals surface area contributed by atoms with Crippen LogP contribution in [0.5, 0.6) is 5.75 Å². The number of para-hydroxylation sites is 1. The summed E-state index contributed by atoms with van der Waals surface area (Å²) in [6, 6.07) is 13.4. The lowest BCUT2D eigenvalue weighted by atomic mass is 10.1. The number of aromatic nitrogens is 1. The molecule has 0 bridgehead atoms. The van der Waals surface area contributed by atoms with Crippen molar-refractivity contribution in [3.8, 4) is 5.75 Å². The summed E-state index contributed by atoms with van der Waals surface area (Å²) in [5, 5.41) is 3.35. The van der Waals surface area contributed by atoms with Gasteiger partial charge >= 0.3 is 0 Å². The molecule has 3 aromatic rings. The standard InChI is InChI=1S/C19H17FN2O2S/c1-12-17(11-13-7-9-14(20)10-8-13)25-19(21-12)22-18(23)15-5-3-4-6-16(15)24-2/h3-10H,11H2,1-2H3,(H,21,22,23). The molecule has 2 aromatic carbocycles. The molecule has 1 aromatic heterocycles. The summed E-state index contributed by atoms with van der Waals surface area (Å²) in [7, 11) is 1.53. The number of halogens is 1. The van der Waals surface area contributed by atoms with Crippen molar-refractivity contribution >= 4 is 22.4 Å². The number of aryl methyl sites for hydroxylation is 1. The summed E-state index contributed by atoms with van der Waals surface area (Å²) in [4.78, 5) is 17.9. The van der Waals surface area contributed by atoms with Crippen molar-refractivity contribution in [2.45, 2.75) is 13.3 Å². The second kappa shape index (κ2) is 7.44. The van der Waals surface area contributed by atoms with E-state index >= 15 is 0 Å². The van der Waals surface area contributed by atoms with Crippen molar-refractivity contribution in [3.05, 3.63) is 76.0 Å². The van der Waals surface area contributed by atoms with Crippen LogP contribution in [0.4, 0.5) is 9.52 Å². The lowest BCUT2D eigenvalue weighted by Crippen LogP contribution is -2.12. The Balaban J connectivity index is 1.76. The normalized spacial score (nSPS) is 10.5. The van der Waals surface area contributed by atoms with Crippen LogP contribution in [0.15, 0.2) is 48.5 Å². The number of hydrogen-bond acceptors (Lipinski definition) is 4. The zero-order chi connectivity index (χ0) is 17.8. The topological polar surface area (TPSA) is 51.2 Å². The van der Waals surface area contributed by atoms with Gasteiger partial charge in [0.2, 0.25) is 0 Å². The van der Waals surface area contributed by atoms with Gasteiger partial charge in [-0.1, -0.05) is 24.3 Å². The summed E-state index contributed by atoms with van der Waals surface area (Å²) in [5.74, 6) is -0.00566. The molecule has 0 spiro atoms. The van der Waals surface area contributed by atoms with Crippen LogP contribution in [0, 0.1) is 12.7 Å². The van der Waals surface area contributed by atoms with Crippen molar-refractivity contribution in [2.75, 3.05) is 12.4 Å². The maximum atomic E-state index is 13.0. The molecule has 0 saturated heterocycles. The third-order valence-corrected chi connectivity index (χ3v) is 4.82. The number of benzene rings is 2. The van der Waals surface area contributed by atoms with E-state index < -0.39 is 0 Å². The molecule has 1 heterocycles. The van der Waals surface area contributed by atoms with Gasteiger partial charge in [-0.3, -0.25) is 10.1 Å². The van der Waals surface area contributed by atoms with Crippen molar-refractivity contribution in [1.29, 1.82) is 0 Å². The molecule has 0 aliphatic rings. The third-order valence-electron chi connectivity index (χ3n) is 3.74. The third kappa shape index (κ3) is 4.03. The largest absolute Gasteiger partial charge is 0.496 e. The number of amides is 1. The van der Waals surface area contributed by atoms with Crippen LogP contribution >= 0.6 is 11.3 Å². The highest BCUT2D eigenvalue weighted by Gasteiger charge is 2.15. The first-order chi connectivity index (χ1) is 12.1. The first kappa shape index (κ1) is 17.1. The first-order valence-electron chi connectivity index (χ1n) is 7.72. The molecule has 0 radical (unpaired) electrons. The number of methoxy groups -OCH3 is 1. The van der Waals surface area contributed by atoms with E-state index in [1.807, 2.05) is 13.0 Å². The van der Waals surface area contributed by atoms with Gasteiger partial charge in [0.05, 0.1) is 18.4 Å². The maximum Gasteiger partial charge on any atom is 0.261 e. The summed E-state index contributed by atoms with van der Waals surface area (Å²) < 4.78 is 18.2. The number of thiazole rings is 1. The maximum absolute atomic E-state index is 13.0. The van der Waals surface area contributed by atoms with E-state index in [1.165, 1.54) is 30.6 Å². The van der Waals surface area contributed by atoms with E-state index in [9.17, 15) is 9.18 Å². The highest BCUT2D eigenvalue weighted by atomic mass is 32.1. The fraction of sp³-hybridized carbons (Fsp3) is 0.158. The van der Waals surface area contributed by atoms with Gasteiger partial charge in [0.1, 0.15) is 11.6 Å². The molecule has 128 valence electrons. The number of carbonyl (C=O) groups excluding carboxylic acids is 1. The van der Waals surface area contributed by atoms with Crippen LogP contribution in [-0.4, -0.2) is 18.0 Å². The van der Waals surface area contributed by atoms with Crippen molar-refractivity contribution < 1.29 is 13.9 Å². The predicted molar refractivity (Wildman–Crippen MR) is 97.0 cm³/mol. The average Bonchev–Trinajstić information content (AvgIpc) is 2.96. The van der Waals surface area contributed by atoms with Gasteiger partial charge in [-0.2, -0.15) is 0 Å². The summed E-state index contributed by atoms with van der Waals surface area (Å²) in [5.41, 5.74) is 2.30. The van der Waals surface area contributed by atoms with Crippen molar-refractivity contribution in [3.63, 3.8) is 0 Å². The van der Waals surface area contributed by atoms with E-state index in [2.05, 4.69) is 10.3 Å². The minimum atomic E-state index is -0.264. The number of anilines is 1. The van der Waals surface area contributed by atoms with Gasteiger partial charge in [0.15, 0.2) is 5.13 Å².